The van der Waals surface area contributed by atoms with Crippen LogP contribution in [0.4, 0.5) is 10.1 Å². The van der Waals surface area contributed by atoms with Crippen LogP contribution < -0.4 is 5.01 Å². The third-order valence-corrected chi connectivity index (χ3v) is 5.87. The molecule has 4 rings (SSSR count). The number of anilines is 1. The van der Waals surface area contributed by atoms with Crippen LogP contribution in [0.25, 0.3) is 10.9 Å². The molecule has 2 heterocycles. The maximum absolute atomic E-state index is 15.2. The molecule has 1 unspecified atom stereocenters. The predicted octanol–water partition coefficient (Wildman–Crippen LogP) is 5.35. The minimum absolute atomic E-state index is 0.157. The summed E-state index contributed by atoms with van der Waals surface area (Å²) in [4.78, 5) is 18.1. The number of halogens is 2. The van der Waals surface area contributed by atoms with Gasteiger partial charge in [-0.15, -0.1) is 0 Å². The minimum Gasteiger partial charge on any atom is -0.369 e. The Morgan fingerprint density at radius 3 is 2.61 bits per heavy atom. The fourth-order valence-corrected chi connectivity index (χ4v) is 4.26. The Hall–Kier alpha value is -3.03. The highest BCUT2D eigenvalue weighted by atomic mass is 35.5. The first-order valence-corrected chi connectivity index (χ1v) is 11.3. The van der Waals surface area contributed by atoms with Gasteiger partial charge in [-0.05, 0) is 36.1 Å². The van der Waals surface area contributed by atoms with Crippen LogP contribution in [0.1, 0.15) is 37.8 Å². The first kappa shape index (κ1) is 23.1. The minimum atomic E-state index is -0.764. The van der Waals surface area contributed by atoms with Crippen molar-refractivity contribution in [2.75, 3.05) is 18.2 Å². The number of fused-ring (bicyclic) bond motifs is 1. The van der Waals surface area contributed by atoms with E-state index in [0.717, 1.165) is 22.8 Å². The van der Waals surface area contributed by atoms with E-state index in [0.29, 0.717) is 29.7 Å². The lowest BCUT2D eigenvalue weighted by Gasteiger charge is -2.27. The van der Waals surface area contributed by atoms with E-state index in [1.54, 1.807) is 12.1 Å². The summed E-state index contributed by atoms with van der Waals surface area (Å²) in [5, 5.41) is 7.11. The number of carbonyl (C=O) groups is 1. The molecule has 0 bridgehead atoms. The third-order valence-electron chi connectivity index (χ3n) is 5.68. The Morgan fingerprint density at radius 1 is 1.18 bits per heavy atom. The number of rotatable bonds is 8. The zero-order chi connectivity index (χ0) is 23.5. The van der Waals surface area contributed by atoms with Crippen molar-refractivity contribution in [1.82, 2.24) is 9.88 Å². The summed E-state index contributed by atoms with van der Waals surface area (Å²) in [7, 11) is 0. The average molecular weight is 469 g/mol. The number of aromatic nitrogens is 1. The monoisotopic (exact) mass is 468 g/mol. The fraction of sp³-hybridized carbons (Fsp3) is 0.320. The van der Waals surface area contributed by atoms with Gasteiger partial charge in [0.05, 0.1) is 17.8 Å². The quantitative estimate of drug-likeness (QED) is 0.329. The second kappa shape index (κ2) is 9.85. The first-order valence-electron chi connectivity index (χ1n) is 10.9. The van der Waals surface area contributed by atoms with Gasteiger partial charge in [0.25, 0.3) is 0 Å². The van der Waals surface area contributed by atoms with Crippen LogP contribution >= 0.6 is 11.6 Å². The number of hydrazone groups is 1. The van der Waals surface area contributed by atoms with E-state index in [4.69, 9.17) is 16.3 Å². The molecule has 3 aromatic rings. The van der Waals surface area contributed by atoms with E-state index in [-0.39, 0.29) is 18.2 Å². The number of benzene rings is 2. The summed E-state index contributed by atoms with van der Waals surface area (Å²) in [6.45, 7) is 7.14. The summed E-state index contributed by atoms with van der Waals surface area (Å²) < 4.78 is 21.1. The van der Waals surface area contributed by atoms with Crippen LogP contribution in [-0.2, 0) is 16.1 Å². The van der Waals surface area contributed by atoms with Crippen molar-refractivity contribution in [1.29, 1.82) is 0 Å². The molecule has 1 aromatic heterocycles. The number of ether oxygens (including phenoxy) is 1. The van der Waals surface area contributed by atoms with E-state index in [9.17, 15) is 4.79 Å². The van der Waals surface area contributed by atoms with Gasteiger partial charge in [0, 0.05) is 18.0 Å². The van der Waals surface area contributed by atoms with Gasteiger partial charge in [-0.3, -0.25) is 4.79 Å². The van der Waals surface area contributed by atoms with Crippen molar-refractivity contribution in [3.8, 4) is 0 Å². The lowest BCUT2D eigenvalue weighted by Crippen LogP contribution is -2.44. The molecule has 0 saturated carbocycles. The van der Waals surface area contributed by atoms with Gasteiger partial charge >= 0.3 is 0 Å². The normalized spacial score (nSPS) is 16.1. The highest BCUT2D eigenvalue weighted by molar-refractivity contribution is 6.30. The molecule has 0 amide bonds. The largest absolute Gasteiger partial charge is 0.369 e. The third kappa shape index (κ3) is 4.70. The number of aldehydes is 1. The fourth-order valence-electron chi connectivity index (χ4n) is 4.05. The highest BCUT2D eigenvalue weighted by Gasteiger charge is 2.35. The summed E-state index contributed by atoms with van der Waals surface area (Å²) in [6, 6.07) is 14.6. The standard InChI is InChI=1S/C25H26ClFN4O2/c1-4-30-24(15-33-14-17-8-6-5-7-9-17)29-31(25(30)13-32)22-10-19-18(16(2)3)11-23(26)28-21(19)12-20(22)27/h5-13,16,25H,4,14-15H2,1-3H3. The van der Waals surface area contributed by atoms with Crippen molar-refractivity contribution in [3.63, 3.8) is 0 Å². The molecule has 0 fully saturated rings. The van der Waals surface area contributed by atoms with Crippen molar-refractivity contribution in [2.24, 2.45) is 5.10 Å². The molecule has 0 radical (unpaired) electrons. The van der Waals surface area contributed by atoms with Crippen LogP contribution in [0.3, 0.4) is 0 Å². The number of carbonyl (C=O) groups excluding carboxylic acids is 1. The first-order chi connectivity index (χ1) is 15.9. The number of hydrogen-bond acceptors (Lipinski definition) is 6. The van der Waals surface area contributed by atoms with Gasteiger partial charge in [0.15, 0.2) is 24.1 Å². The average Bonchev–Trinajstić information content (AvgIpc) is 3.15. The Kier molecular flexibility index (Phi) is 6.91. The van der Waals surface area contributed by atoms with Crippen molar-refractivity contribution in [3.05, 3.63) is 70.6 Å². The molecule has 1 aliphatic heterocycles. The molecule has 6 nitrogen and oxygen atoms in total. The Bertz CT molecular complexity index is 1190. The van der Waals surface area contributed by atoms with Gasteiger partial charge in [-0.2, -0.15) is 5.10 Å². The Balaban J connectivity index is 1.68. The van der Waals surface area contributed by atoms with E-state index < -0.39 is 12.0 Å². The number of likely N-dealkylation sites (N-methyl/N-ethyl adjacent to an activating group) is 1. The number of nitrogens with zero attached hydrogens (tertiary/aromatic N) is 4. The summed E-state index contributed by atoms with van der Waals surface area (Å²) in [6.07, 6.45) is 0.00430. The van der Waals surface area contributed by atoms with Crippen LogP contribution in [-0.4, -0.2) is 41.3 Å². The second-order valence-electron chi connectivity index (χ2n) is 8.18. The molecule has 0 N–H and O–H groups in total. The predicted molar refractivity (Wildman–Crippen MR) is 129 cm³/mol. The lowest BCUT2D eigenvalue weighted by atomic mass is 9.98. The van der Waals surface area contributed by atoms with Crippen molar-refractivity contribution < 1.29 is 13.9 Å². The molecule has 33 heavy (non-hydrogen) atoms. The van der Waals surface area contributed by atoms with Gasteiger partial charge in [-0.1, -0.05) is 55.8 Å². The zero-order valence-corrected chi connectivity index (χ0v) is 19.6. The van der Waals surface area contributed by atoms with Crippen molar-refractivity contribution in [2.45, 2.75) is 39.5 Å². The smallest absolute Gasteiger partial charge is 0.181 e. The maximum atomic E-state index is 15.2. The molecule has 8 heteroatoms. The van der Waals surface area contributed by atoms with E-state index >= 15 is 4.39 Å². The number of hydrogen-bond donors (Lipinski definition) is 0. The molecule has 2 aromatic carbocycles. The van der Waals surface area contributed by atoms with E-state index in [2.05, 4.69) is 10.1 Å². The van der Waals surface area contributed by atoms with Gasteiger partial charge in [0.2, 0.25) is 0 Å². The number of amidine groups is 1. The van der Waals surface area contributed by atoms with E-state index in [1.165, 1.54) is 11.1 Å². The zero-order valence-electron chi connectivity index (χ0n) is 18.8. The van der Waals surface area contributed by atoms with Gasteiger partial charge in [0.1, 0.15) is 11.8 Å². The Labute approximate surface area is 197 Å². The van der Waals surface area contributed by atoms with Crippen molar-refractivity contribution >= 4 is 40.3 Å². The van der Waals surface area contributed by atoms with Gasteiger partial charge < -0.3 is 9.64 Å². The summed E-state index contributed by atoms with van der Waals surface area (Å²) in [5.41, 5.74) is 2.67. The molecule has 1 aliphatic rings. The number of pyridine rings is 1. The molecule has 0 aliphatic carbocycles. The van der Waals surface area contributed by atoms with Crippen LogP contribution in [0.2, 0.25) is 5.15 Å². The van der Waals surface area contributed by atoms with Crippen LogP contribution in [0.5, 0.6) is 0 Å². The molecule has 0 saturated heterocycles. The highest BCUT2D eigenvalue weighted by Crippen LogP contribution is 2.34. The second-order valence-corrected chi connectivity index (χ2v) is 8.57. The molecule has 0 spiro atoms. The van der Waals surface area contributed by atoms with Crippen LogP contribution in [0, 0.1) is 5.82 Å². The molecule has 1 atom stereocenters. The Morgan fingerprint density at radius 2 is 1.94 bits per heavy atom. The molecular formula is C25H26ClFN4O2. The van der Waals surface area contributed by atoms with Gasteiger partial charge in [-0.25, -0.2) is 14.4 Å². The molecular weight excluding hydrogens is 443 g/mol. The molecule has 172 valence electrons. The topological polar surface area (TPSA) is 58.0 Å². The summed E-state index contributed by atoms with van der Waals surface area (Å²) >= 11 is 6.15. The van der Waals surface area contributed by atoms with Crippen LogP contribution in [0.15, 0.2) is 53.6 Å². The SMILES string of the molecule is CCN1C(COCc2ccccc2)=NN(c2cc3c(C(C)C)cc(Cl)nc3cc2F)C1C=O. The summed E-state index contributed by atoms with van der Waals surface area (Å²) in [5.74, 6) is 0.206. The lowest BCUT2D eigenvalue weighted by molar-refractivity contribution is -0.110. The maximum Gasteiger partial charge on any atom is 0.181 e. The van der Waals surface area contributed by atoms with E-state index in [1.807, 2.05) is 56.0 Å².